The second-order valence-electron chi connectivity index (χ2n) is 4.00. The fourth-order valence-corrected chi connectivity index (χ4v) is 1.96. The molecule has 1 atom stereocenters. The lowest BCUT2D eigenvalue weighted by Crippen LogP contribution is -2.06. The van der Waals surface area contributed by atoms with Crippen molar-refractivity contribution < 1.29 is 9.13 Å². The first-order valence-electron chi connectivity index (χ1n) is 5.55. The summed E-state index contributed by atoms with van der Waals surface area (Å²) in [6, 6.07) is 11.9. The highest BCUT2D eigenvalue weighted by molar-refractivity contribution is 9.10. The second kappa shape index (κ2) is 5.50. The zero-order valence-electron chi connectivity index (χ0n) is 9.86. The van der Waals surface area contributed by atoms with Gasteiger partial charge in [-0.2, -0.15) is 0 Å². The molecule has 18 heavy (non-hydrogen) atoms. The van der Waals surface area contributed by atoms with E-state index in [0.29, 0.717) is 10.2 Å². The maximum absolute atomic E-state index is 13.7. The molecule has 0 spiro atoms. The van der Waals surface area contributed by atoms with Crippen LogP contribution in [0.1, 0.15) is 18.5 Å². The van der Waals surface area contributed by atoms with E-state index in [2.05, 4.69) is 15.9 Å². The minimum Gasteiger partial charge on any atom is -0.454 e. The minimum atomic E-state index is -0.413. The smallest absolute Gasteiger partial charge is 0.166 e. The van der Waals surface area contributed by atoms with Crippen molar-refractivity contribution in [2.75, 3.05) is 0 Å². The Morgan fingerprint density at radius 1 is 1.17 bits per heavy atom. The Labute approximate surface area is 114 Å². The summed E-state index contributed by atoms with van der Waals surface area (Å²) in [6.07, 6.45) is 0. The number of para-hydroxylation sites is 1. The molecule has 2 N–H and O–H groups in total. The normalized spacial score (nSPS) is 12.2. The van der Waals surface area contributed by atoms with Crippen molar-refractivity contribution in [3.8, 4) is 11.5 Å². The fraction of sp³-hybridized carbons (Fsp3) is 0.143. The molecule has 2 aromatic carbocycles. The lowest BCUT2D eigenvalue weighted by Gasteiger charge is -2.13. The van der Waals surface area contributed by atoms with Crippen LogP contribution >= 0.6 is 15.9 Å². The largest absolute Gasteiger partial charge is 0.454 e. The first-order valence-corrected chi connectivity index (χ1v) is 6.34. The third kappa shape index (κ3) is 2.89. The van der Waals surface area contributed by atoms with Crippen molar-refractivity contribution in [1.29, 1.82) is 0 Å². The van der Waals surface area contributed by atoms with Gasteiger partial charge in [0.05, 0.1) is 0 Å². The molecule has 0 aliphatic heterocycles. The SMILES string of the molecule is CC(N)c1ccccc1Oc1ccc(Br)cc1F. The Kier molecular flexibility index (Phi) is 3.99. The molecule has 0 saturated carbocycles. The van der Waals surface area contributed by atoms with Crippen LogP contribution in [0.15, 0.2) is 46.9 Å². The fourth-order valence-electron chi connectivity index (χ4n) is 1.63. The summed E-state index contributed by atoms with van der Waals surface area (Å²) >= 11 is 3.20. The Balaban J connectivity index is 2.34. The zero-order chi connectivity index (χ0) is 13.1. The van der Waals surface area contributed by atoms with E-state index in [4.69, 9.17) is 10.5 Å². The van der Waals surface area contributed by atoms with E-state index in [1.807, 2.05) is 25.1 Å². The molecule has 0 aliphatic rings. The van der Waals surface area contributed by atoms with Crippen LogP contribution in [0.4, 0.5) is 4.39 Å². The average molecular weight is 310 g/mol. The van der Waals surface area contributed by atoms with Gasteiger partial charge in [-0.3, -0.25) is 0 Å². The summed E-state index contributed by atoms with van der Waals surface area (Å²) in [5, 5.41) is 0. The number of rotatable bonds is 3. The van der Waals surface area contributed by atoms with Gasteiger partial charge in [-0.1, -0.05) is 34.1 Å². The van der Waals surface area contributed by atoms with Gasteiger partial charge in [0, 0.05) is 16.1 Å². The average Bonchev–Trinajstić information content (AvgIpc) is 2.33. The number of hydrogen-bond donors (Lipinski definition) is 1. The van der Waals surface area contributed by atoms with Crippen molar-refractivity contribution in [3.63, 3.8) is 0 Å². The molecule has 0 heterocycles. The summed E-state index contributed by atoms with van der Waals surface area (Å²) in [5.41, 5.74) is 6.70. The molecule has 0 aromatic heterocycles. The van der Waals surface area contributed by atoms with Gasteiger partial charge < -0.3 is 10.5 Å². The van der Waals surface area contributed by atoms with Gasteiger partial charge in [0.25, 0.3) is 0 Å². The van der Waals surface area contributed by atoms with Gasteiger partial charge in [-0.25, -0.2) is 4.39 Å². The van der Waals surface area contributed by atoms with Crippen molar-refractivity contribution in [2.45, 2.75) is 13.0 Å². The lowest BCUT2D eigenvalue weighted by atomic mass is 10.1. The third-order valence-electron chi connectivity index (χ3n) is 2.52. The third-order valence-corrected chi connectivity index (χ3v) is 3.02. The van der Waals surface area contributed by atoms with Crippen molar-refractivity contribution >= 4 is 15.9 Å². The number of benzene rings is 2. The van der Waals surface area contributed by atoms with Crippen molar-refractivity contribution in [2.24, 2.45) is 5.73 Å². The lowest BCUT2D eigenvalue weighted by molar-refractivity contribution is 0.435. The Morgan fingerprint density at radius 3 is 2.56 bits per heavy atom. The van der Waals surface area contributed by atoms with E-state index >= 15 is 0 Å². The van der Waals surface area contributed by atoms with E-state index in [9.17, 15) is 4.39 Å². The highest BCUT2D eigenvalue weighted by atomic mass is 79.9. The van der Waals surface area contributed by atoms with E-state index in [0.717, 1.165) is 5.56 Å². The number of halogens is 2. The topological polar surface area (TPSA) is 35.2 Å². The van der Waals surface area contributed by atoms with Crippen molar-refractivity contribution in [1.82, 2.24) is 0 Å². The summed E-state index contributed by atoms with van der Waals surface area (Å²) in [6.45, 7) is 1.86. The Morgan fingerprint density at radius 2 is 1.89 bits per heavy atom. The van der Waals surface area contributed by atoms with Gasteiger partial charge in [0.1, 0.15) is 5.75 Å². The number of ether oxygens (including phenoxy) is 1. The molecule has 4 heteroatoms. The molecule has 0 saturated heterocycles. The molecule has 0 bridgehead atoms. The zero-order valence-corrected chi connectivity index (χ0v) is 11.4. The van der Waals surface area contributed by atoms with E-state index in [1.54, 1.807) is 18.2 Å². The molecule has 0 fully saturated rings. The van der Waals surface area contributed by atoms with E-state index in [1.165, 1.54) is 6.07 Å². The molecule has 0 aliphatic carbocycles. The van der Waals surface area contributed by atoms with Crippen LogP contribution in [0.5, 0.6) is 11.5 Å². The van der Waals surface area contributed by atoms with Crippen LogP contribution < -0.4 is 10.5 Å². The van der Waals surface area contributed by atoms with E-state index in [-0.39, 0.29) is 11.8 Å². The van der Waals surface area contributed by atoms with Gasteiger partial charge in [0.15, 0.2) is 11.6 Å². The molecule has 2 aromatic rings. The van der Waals surface area contributed by atoms with Crippen LogP contribution in [0.2, 0.25) is 0 Å². The van der Waals surface area contributed by atoms with Gasteiger partial charge in [-0.15, -0.1) is 0 Å². The van der Waals surface area contributed by atoms with Crippen LogP contribution in [0, 0.1) is 5.82 Å². The molecule has 1 unspecified atom stereocenters. The highest BCUT2D eigenvalue weighted by Crippen LogP contribution is 2.31. The summed E-state index contributed by atoms with van der Waals surface area (Å²) in [5.74, 6) is 0.351. The van der Waals surface area contributed by atoms with Crippen LogP contribution in [-0.2, 0) is 0 Å². The molecule has 0 radical (unpaired) electrons. The minimum absolute atomic E-state index is 0.167. The molecular formula is C14H13BrFNO. The second-order valence-corrected chi connectivity index (χ2v) is 4.92. The summed E-state index contributed by atoms with van der Waals surface area (Å²) < 4.78 is 19.9. The predicted molar refractivity (Wildman–Crippen MR) is 73.2 cm³/mol. The number of nitrogens with two attached hydrogens (primary N) is 1. The molecule has 94 valence electrons. The Bertz CT molecular complexity index is 557. The monoisotopic (exact) mass is 309 g/mol. The maximum Gasteiger partial charge on any atom is 0.166 e. The van der Waals surface area contributed by atoms with Crippen molar-refractivity contribution in [3.05, 3.63) is 58.3 Å². The molecular weight excluding hydrogens is 297 g/mol. The molecule has 2 nitrogen and oxygen atoms in total. The standard InChI is InChI=1S/C14H13BrFNO/c1-9(17)11-4-2-3-5-13(11)18-14-7-6-10(15)8-12(14)16/h2-9H,17H2,1H3. The maximum atomic E-state index is 13.7. The highest BCUT2D eigenvalue weighted by Gasteiger charge is 2.10. The van der Waals surface area contributed by atoms with Crippen LogP contribution in [0.25, 0.3) is 0 Å². The number of hydrogen-bond acceptors (Lipinski definition) is 2. The molecule has 0 amide bonds. The van der Waals surface area contributed by atoms with Crippen LogP contribution in [-0.4, -0.2) is 0 Å². The van der Waals surface area contributed by atoms with Gasteiger partial charge in [-0.05, 0) is 31.2 Å². The van der Waals surface area contributed by atoms with Crippen LogP contribution in [0.3, 0.4) is 0 Å². The first kappa shape index (κ1) is 13.1. The summed E-state index contributed by atoms with van der Waals surface area (Å²) in [4.78, 5) is 0. The van der Waals surface area contributed by atoms with Gasteiger partial charge >= 0.3 is 0 Å². The molecule has 2 rings (SSSR count). The van der Waals surface area contributed by atoms with Gasteiger partial charge in [0.2, 0.25) is 0 Å². The Hall–Kier alpha value is -1.39. The quantitative estimate of drug-likeness (QED) is 0.912. The first-order chi connectivity index (χ1) is 8.58. The van der Waals surface area contributed by atoms with E-state index < -0.39 is 5.82 Å². The summed E-state index contributed by atoms with van der Waals surface area (Å²) in [7, 11) is 0. The predicted octanol–water partition coefficient (Wildman–Crippen LogP) is 4.40.